The van der Waals surface area contributed by atoms with Gasteiger partial charge in [0.05, 0.1) is 0 Å². The fourth-order valence-electron chi connectivity index (χ4n) is 7.20. The minimum Gasteiger partial charge on any atom is -0.481 e. The highest BCUT2D eigenvalue weighted by Crippen LogP contribution is 2.21. The van der Waals surface area contributed by atoms with Gasteiger partial charge in [-0.2, -0.15) is 0 Å². The van der Waals surface area contributed by atoms with Gasteiger partial charge in [-0.15, -0.1) is 0 Å². The monoisotopic (exact) mass is 943 g/mol. The number of esters is 5. The summed E-state index contributed by atoms with van der Waals surface area (Å²) in [6, 6.07) is 0. The molecule has 0 radical (unpaired) electrons. The molecule has 5 N–H and O–H groups in total. The van der Waals surface area contributed by atoms with E-state index in [1.807, 2.05) is 18.2 Å². The number of aliphatic hydroxyl groups is 4. The summed E-state index contributed by atoms with van der Waals surface area (Å²) in [5.41, 5.74) is 0. The first-order valence-corrected chi connectivity index (χ1v) is 24.5. The number of hydrogen-bond donors (Lipinski definition) is 5. The summed E-state index contributed by atoms with van der Waals surface area (Å²) in [6.45, 7) is 3.31. The highest BCUT2D eigenvalue weighted by molar-refractivity contribution is 5.91. The second-order valence-electron chi connectivity index (χ2n) is 17.1. The van der Waals surface area contributed by atoms with Crippen LogP contribution < -0.4 is 0 Å². The zero-order valence-corrected chi connectivity index (χ0v) is 39.7. The van der Waals surface area contributed by atoms with E-state index in [1.54, 1.807) is 0 Å². The lowest BCUT2D eigenvalue weighted by atomic mass is 9.99. The summed E-state index contributed by atoms with van der Waals surface area (Å²) in [5, 5.41) is 47.9. The van der Waals surface area contributed by atoms with Crippen LogP contribution in [0.15, 0.2) is 24.3 Å². The molecule has 1 rings (SSSR count). The Bertz CT molecular complexity index is 1400. The van der Waals surface area contributed by atoms with Crippen LogP contribution in [0.2, 0.25) is 0 Å². The van der Waals surface area contributed by atoms with Crippen LogP contribution in [0.25, 0.3) is 0 Å². The average Bonchev–Trinajstić information content (AvgIpc) is 3.27. The molecule has 7 unspecified atom stereocenters. The third-order valence-corrected chi connectivity index (χ3v) is 11.1. The molecule has 66 heavy (non-hydrogen) atoms. The summed E-state index contributed by atoms with van der Waals surface area (Å²) in [7, 11) is 0. The number of hydrogen-bond acceptors (Lipinski definition) is 16. The number of aliphatic hydroxyl groups excluding tert-OH is 4. The van der Waals surface area contributed by atoms with Crippen molar-refractivity contribution < 1.29 is 82.7 Å². The predicted octanol–water partition coefficient (Wildman–Crippen LogP) is 7.36. The lowest BCUT2D eigenvalue weighted by Gasteiger charge is -2.37. The highest BCUT2D eigenvalue weighted by Gasteiger charge is 2.43. The van der Waals surface area contributed by atoms with E-state index in [2.05, 4.69) is 19.9 Å². The van der Waals surface area contributed by atoms with Gasteiger partial charge in [-0.3, -0.25) is 28.8 Å². The molecule has 0 aliphatic carbocycles. The zero-order chi connectivity index (χ0) is 48.8. The number of carbonyl (C=O) groups is 6. The van der Waals surface area contributed by atoms with Crippen molar-refractivity contribution in [3.63, 3.8) is 0 Å². The van der Waals surface area contributed by atoms with Gasteiger partial charge < -0.3 is 54.0 Å². The van der Waals surface area contributed by atoms with Gasteiger partial charge in [0, 0.05) is 25.7 Å². The van der Waals surface area contributed by atoms with Crippen molar-refractivity contribution in [1.29, 1.82) is 0 Å². The van der Waals surface area contributed by atoms with E-state index in [0.29, 0.717) is 32.1 Å². The lowest BCUT2D eigenvalue weighted by molar-refractivity contribution is -0.287. The topological polar surface area (TPSA) is 259 Å². The standard InChI is InChI=1S/C49H82O17/c1-3-5-7-21-27-37(64-44(55)33-40(50)51)29-23-17-13-9-11-15-19-25-31-41(52)62-36-63-42(53)32-26-20-16-12-10-14-18-24-30-38(28-22-8-6-4-2)65-45(56)34-43(54)61-35-39-46(57)47(58)48(59)49(60)66-39/h17-18,23-24,37-39,46-49,57-60H,3-16,19-22,25-36H2,1-2H3,(H,50,51)/b23-17-,24-18-. The van der Waals surface area contributed by atoms with Crippen molar-refractivity contribution in [2.24, 2.45) is 0 Å². The van der Waals surface area contributed by atoms with Crippen molar-refractivity contribution in [3.8, 4) is 0 Å². The van der Waals surface area contributed by atoms with E-state index in [-0.39, 0.29) is 25.7 Å². The second-order valence-corrected chi connectivity index (χ2v) is 17.1. The maximum atomic E-state index is 12.5. The first kappa shape index (κ1) is 60.1. The highest BCUT2D eigenvalue weighted by atomic mass is 16.7. The van der Waals surface area contributed by atoms with Gasteiger partial charge in [0.1, 0.15) is 56.1 Å². The number of allylic oxidation sites excluding steroid dienone is 2. The first-order valence-electron chi connectivity index (χ1n) is 24.5. The Morgan fingerprint density at radius 2 is 0.955 bits per heavy atom. The molecule has 0 bridgehead atoms. The van der Waals surface area contributed by atoms with Crippen molar-refractivity contribution >= 4 is 35.8 Å². The normalized spacial score (nSPS) is 19.3. The number of unbranched alkanes of at least 4 members (excludes halogenated alkanes) is 16. The molecule has 7 atom stereocenters. The van der Waals surface area contributed by atoms with Crippen LogP contribution in [-0.4, -0.2) is 118 Å². The molecular formula is C49H82O17. The largest absolute Gasteiger partial charge is 0.481 e. The van der Waals surface area contributed by atoms with Gasteiger partial charge in [0.15, 0.2) is 6.29 Å². The average molecular weight is 943 g/mol. The summed E-state index contributed by atoms with van der Waals surface area (Å²) in [4.78, 5) is 71.6. The van der Waals surface area contributed by atoms with Gasteiger partial charge in [-0.25, -0.2) is 0 Å². The van der Waals surface area contributed by atoms with Crippen LogP contribution in [0.3, 0.4) is 0 Å². The molecule has 380 valence electrons. The van der Waals surface area contributed by atoms with Gasteiger partial charge in [-0.05, 0) is 64.2 Å². The number of carboxylic acid groups (broad SMARTS) is 1. The quantitative estimate of drug-likeness (QED) is 0.0100. The Hall–Kier alpha value is -3.90. The Morgan fingerprint density at radius 3 is 1.44 bits per heavy atom. The smallest absolute Gasteiger partial charge is 0.317 e. The van der Waals surface area contributed by atoms with Crippen LogP contribution in [0.5, 0.6) is 0 Å². The Labute approximate surface area is 391 Å². The minimum atomic E-state index is -1.77. The Kier molecular flexibility index (Phi) is 35.6. The predicted molar refractivity (Wildman–Crippen MR) is 243 cm³/mol. The van der Waals surface area contributed by atoms with Gasteiger partial charge >= 0.3 is 35.8 Å². The molecule has 1 heterocycles. The maximum Gasteiger partial charge on any atom is 0.317 e. The third kappa shape index (κ3) is 31.9. The molecule has 1 saturated heterocycles. The molecule has 0 aromatic carbocycles. The van der Waals surface area contributed by atoms with Crippen LogP contribution in [0.1, 0.15) is 194 Å². The fraction of sp³-hybridized carbons (Fsp3) is 0.796. The van der Waals surface area contributed by atoms with Crippen molar-refractivity contribution in [3.05, 3.63) is 24.3 Å². The molecule has 1 fully saturated rings. The van der Waals surface area contributed by atoms with Gasteiger partial charge in [0.2, 0.25) is 6.79 Å². The van der Waals surface area contributed by atoms with Crippen LogP contribution in [-0.2, 0) is 57.2 Å². The molecule has 1 aliphatic rings. The maximum absolute atomic E-state index is 12.5. The van der Waals surface area contributed by atoms with Crippen LogP contribution in [0.4, 0.5) is 0 Å². The molecule has 0 spiro atoms. The molecule has 0 amide bonds. The third-order valence-electron chi connectivity index (χ3n) is 11.1. The Morgan fingerprint density at radius 1 is 0.500 bits per heavy atom. The summed E-state index contributed by atoms with van der Waals surface area (Å²) in [5.74, 6) is -4.36. The molecule has 17 nitrogen and oxygen atoms in total. The SMILES string of the molecule is CCCCCCC(C/C=C\CCCCCCCC(=O)OCOC(=O)CCCCCCC/C=C\CC(CCCCCC)OC(=O)CC(=O)OCC1OC(O)C(O)C(O)C1O)OC(=O)CC(=O)O. The molecule has 0 saturated carbocycles. The molecular weight excluding hydrogens is 861 g/mol. The van der Waals surface area contributed by atoms with Crippen molar-refractivity contribution in [1.82, 2.24) is 0 Å². The van der Waals surface area contributed by atoms with E-state index >= 15 is 0 Å². The number of rotatable bonds is 40. The van der Waals surface area contributed by atoms with E-state index < -0.39 is 92.1 Å². The summed E-state index contributed by atoms with van der Waals surface area (Å²) in [6.07, 6.45) is 19.9. The van der Waals surface area contributed by atoms with E-state index in [9.17, 15) is 49.2 Å². The zero-order valence-electron chi connectivity index (χ0n) is 39.7. The van der Waals surface area contributed by atoms with E-state index in [0.717, 1.165) is 122 Å². The fourth-order valence-corrected chi connectivity index (χ4v) is 7.20. The van der Waals surface area contributed by atoms with E-state index in [4.69, 9.17) is 33.5 Å². The van der Waals surface area contributed by atoms with E-state index in [1.165, 1.54) is 0 Å². The second kappa shape index (κ2) is 39.1. The van der Waals surface area contributed by atoms with Gasteiger partial charge in [0.25, 0.3) is 0 Å². The van der Waals surface area contributed by atoms with Crippen LogP contribution >= 0.6 is 0 Å². The van der Waals surface area contributed by atoms with Crippen molar-refractivity contribution in [2.75, 3.05) is 13.4 Å². The molecule has 17 heteroatoms. The first-order chi connectivity index (χ1) is 31.8. The van der Waals surface area contributed by atoms with Crippen molar-refractivity contribution in [2.45, 2.75) is 237 Å². The molecule has 1 aliphatic heterocycles. The molecule has 0 aromatic rings. The summed E-state index contributed by atoms with van der Waals surface area (Å²) < 4.78 is 31.1. The number of carbonyl (C=O) groups excluding carboxylic acids is 5. The number of ether oxygens (including phenoxy) is 6. The minimum absolute atomic E-state index is 0.250. The van der Waals surface area contributed by atoms with Gasteiger partial charge in [-0.1, -0.05) is 115 Å². The lowest BCUT2D eigenvalue weighted by Crippen LogP contribution is -2.58. The molecule has 0 aromatic heterocycles. The van der Waals surface area contributed by atoms with Crippen LogP contribution in [0, 0.1) is 0 Å². The summed E-state index contributed by atoms with van der Waals surface area (Å²) >= 11 is 0. The Balaban J connectivity index is 2.14. The number of aliphatic carboxylic acids is 1. The number of carboxylic acids is 1.